The van der Waals surface area contributed by atoms with Gasteiger partial charge in [0, 0.05) is 12.3 Å². The second-order valence-corrected chi connectivity index (χ2v) is 6.17. The fourth-order valence-electron chi connectivity index (χ4n) is 2.68. The van der Waals surface area contributed by atoms with Crippen molar-refractivity contribution in [2.24, 2.45) is 5.92 Å². The molecule has 21 heavy (non-hydrogen) atoms. The van der Waals surface area contributed by atoms with Gasteiger partial charge in [-0.25, -0.2) is 10.1 Å². The van der Waals surface area contributed by atoms with Crippen LogP contribution in [0.15, 0.2) is 11.6 Å². The van der Waals surface area contributed by atoms with Crippen molar-refractivity contribution in [1.82, 2.24) is 0 Å². The Labute approximate surface area is 128 Å². The Bertz CT molecular complexity index is 351. The van der Waals surface area contributed by atoms with Crippen LogP contribution in [0.1, 0.15) is 72.1 Å². The molecule has 1 N–H and O–H groups in total. The minimum atomic E-state index is -1.09. The molecule has 122 valence electrons. The first kappa shape index (κ1) is 18.3. The van der Waals surface area contributed by atoms with Crippen LogP contribution < -0.4 is 0 Å². The van der Waals surface area contributed by atoms with Gasteiger partial charge in [0.1, 0.15) is 0 Å². The average molecular weight is 298 g/mol. The smallest absolute Gasteiger partial charge is 0.202 e. The van der Waals surface area contributed by atoms with Gasteiger partial charge in [-0.2, -0.15) is 0 Å². The lowest BCUT2D eigenvalue weighted by Gasteiger charge is -2.35. The highest BCUT2D eigenvalue weighted by Crippen LogP contribution is 2.33. The molecule has 1 rings (SSSR count). The SMILES string of the molecule is CCCCCCCCOC(C)(OO)[C@@H]1CC=C(C)C(=O)C1. The topological polar surface area (TPSA) is 55.8 Å². The third kappa shape index (κ3) is 5.89. The van der Waals surface area contributed by atoms with Gasteiger partial charge < -0.3 is 4.74 Å². The molecule has 0 aliphatic heterocycles. The minimum absolute atomic E-state index is 0.109. The number of ketones is 1. The zero-order chi connectivity index (χ0) is 15.7. The summed E-state index contributed by atoms with van der Waals surface area (Å²) in [5, 5.41) is 9.21. The zero-order valence-electron chi connectivity index (χ0n) is 13.7. The van der Waals surface area contributed by atoms with Crippen molar-refractivity contribution in [2.45, 2.75) is 77.9 Å². The van der Waals surface area contributed by atoms with E-state index in [1.54, 1.807) is 6.92 Å². The van der Waals surface area contributed by atoms with Crippen molar-refractivity contribution in [3.63, 3.8) is 0 Å². The minimum Gasteiger partial charge on any atom is -0.347 e. The summed E-state index contributed by atoms with van der Waals surface area (Å²) in [4.78, 5) is 16.4. The molecule has 0 spiro atoms. The van der Waals surface area contributed by atoms with Crippen molar-refractivity contribution >= 4 is 5.78 Å². The molecule has 0 amide bonds. The molecule has 4 nitrogen and oxygen atoms in total. The average Bonchev–Trinajstić information content (AvgIpc) is 2.49. The van der Waals surface area contributed by atoms with Crippen LogP contribution in [-0.2, 0) is 14.4 Å². The molecule has 1 aliphatic carbocycles. The summed E-state index contributed by atoms with van der Waals surface area (Å²) >= 11 is 0. The lowest BCUT2D eigenvalue weighted by atomic mass is 9.84. The van der Waals surface area contributed by atoms with Gasteiger partial charge in [-0.3, -0.25) is 4.79 Å². The van der Waals surface area contributed by atoms with Crippen molar-refractivity contribution < 1.29 is 19.7 Å². The first-order chi connectivity index (χ1) is 10.0. The number of carbonyl (C=O) groups excluding carboxylic acids is 1. The van der Waals surface area contributed by atoms with Crippen molar-refractivity contribution in [3.05, 3.63) is 11.6 Å². The van der Waals surface area contributed by atoms with Crippen LogP contribution in [0.3, 0.4) is 0 Å². The molecular formula is C17H30O4. The Morgan fingerprint density at radius 2 is 1.95 bits per heavy atom. The number of Topliss-reactive ketones (excluding diaryl/α,β-unsaturated/α-hetero) is 1. The molecular weight excluding hydrogens is 268 g/mol. The summed E-state index contributed by atoms with van der Waals surface area (Å²) in [7, 11) is 0. The Hall–Kier alpha value is -0.710. The van der Waals surface area contributed by atoms with Gasteiger partial charge in [0.15, 0.2) is 5.78 Å². The second-order valence-electron chi connectivity index (χ2n) is 6.17. The third-order valence-corrected chi connectivity index (χ3v) is 4.39. The number of allylic oxidation sites excluding steroid dienone is 2. The van der Waals surface area contributed by atoms with Gasteiger partial charge in [-0.15, -0.1) is 0 Å². The van der Waals surface area contributed by atoms with E-state index in [9.17, 15) is 10.1 Å². The molecule has 1 unspecified atom stereocenters. The summed E-state index contributed by atoms with van der Waals surface area (Å²) in [5.74, 6) is -1.10. The lowest BCUT2D eigenvalue weighted by molar-refractivity contribution is -0.413. The van der Waals surface area contributed by atoms with Crippen LogP contribution in [0.5, 0.6) is 0 Å². The maximum absolute atomic E-state index is 11.8. The summed E-state index contributed by atoms with van der Waals surface area (Å²) in [6.07, 6.45) is 10.1. The fraction of sp³-hybridized carbons (Fsp3) is 0.824. The molecule has 1 aliphatic rings. The van der Waals surface area contributed by atoms with Gasteiger partial charge >= 0.3 is 0 Å². The Morgan fingerprint density at radius 3 is 2.57 bits per heavy atom. The number of hydrogen-bond donors (Lipinski definition) is 1. The van der Waals surface area contributed by atoms with E-state index in [1.807, 2.05) is 13.0 Å². The molecule has 0 saturated heterocycles. The summed E-state index contributed by atoms with van der Waals surface area (Å²) in [5.41, 5.74) is 0.794. The van der Waals surface area contributed by atoms with E-state index < -0.39 is 5.79 Å². The third-order valence-electron chi connectivity index (χ3n) is 4.39. The lowest BCUT2D eigenvalue weighted by Crippen LogP contribution is -2.42. The largest absolute Gasteiger partial charge is 0.347 e. The highest BCUT2D eigenvalue weighted by Gasteiger charge is 2.39. The van der Waals surface area contributed by atoms with E-state index in [-0.39, 0.29) is 11.7 Å². The van der Waals surface area contributed by atoms with Crippen molar-refractivity contribution in [2.75, 3.05) is 6.61 Å². The fourth-order valence-corrected chi connectivity index (χ4v) is 2.68. The Morgan fingerprint density at radius 1 is 1.29 bits per heavy atom. The molecule has 0 aromatic heterocycles. The molecule has 0 aromatic rings. The van der Waals surface area contributed by atoms with Gasteiger partial charge in [-0.05, 0) is 32.3 Å². The first-order valence-electron chi connectivity index (χ1n) is 8.20. The molecule has 4 heteroatoms. The van der Waals surface area contributed by atoms with Crippen LogP contribution in [0.25, 0.3) is 0 Å². The molecule has 0 radical (unpaired) electrons. The second kappa shape index (κ2) is 9.34. The number of carbonyl (C=O) groups is 1. The monoisotopic (exact) mass is 298 g/mol. The normalized spacial score (nSPS) is 22.0. The predicted molar refractivity (Wildman–Crippen MR) is 82.9 cm³/mol. The maximum atomic E-state index is 11.8. The van der Waals surface area contributed by atoms with E-state index in [0.29, 0.717) is 19.4 Å². The number of hydrogen-bond acceptors (Lipinski definition) is 4. The molecule has 0 aromatic carbocycles. The van der Waals surface area contributed by atoms with E-state index in [1.165, 1.54) is 25.7 Å². The van der Waals surface area contributed by atoms with Gasteiger partial charge in [0.2, 0.25) is 5.79 Å². The van der Waals surface area contributed by atoms with Crippen LogP contribution in [0.2, 0.25) is 0 Å². The van der Waals surface area contributed by atoms with Crippen molar-refractivity contribution in [3.8, 4) is 0 Å². The molecule has 2 atom stereocenters. The van der Waals surface area contributed by atoms with E-state index in [0.717, 1.165) is 18.4 Å². The van der Waals surface area contributed by atoms with Gasteiger partial charge in [0.05, 0.1) is 6.61 Å². The molecule has 0 saturated carbocycles. The van der Waals surface area contributed by atoms with Crippen LogP contribution >= 0.6 is 0 Å². The molecule has 0 bridgehead atoms. The molecule has 0 heterocycles. The van der Waals surface area contributed by atoms with Crippen LogP contribution in [0.4, 0.5) is 0 Å². The highest BCUT2D eigenvalue weighted by atomic mass is 17.1. The summed E-state index contributed by atoms with van der Waals surface area (Å²) < 4.78 is 5.75. The first-order valence-corrected chi connectivity index (χ1v) is 8.20. The summed E-state index contributed by atoms with van der Waals surface area (Å²) in [6, 6.07) is 0. The standard InChI is InChI=1S/C17H30O4/c1-4-5-6-7-8-9-12-20-17(3,21-19)15-11-10-14(2)16(18)13-15/h10,15,19H,4-9,11-13H2,1-3H3/t15-,17?/m1/s1. The number of ether oxygens (including phenoxy) is 1. The number of unbranched alkanes of at least 4 members (excludes halogenated alkanes) is 5. The predicted octanol–water partition coefficient (Wildman–Crippen LogP) is 4.49. The summed E-state index contributed by atoms with van der Waals surface area (Å²) in [6.45, 7) is 6.30. The van der Waals surface area contributed by atoms with E-state index in [2.05, 4.69) is 11.8 Å². The Balaban J connectivity index is 2.33. The maximum Gasteiger partial charge on any atom is 0.202 e. The number of rotatable bonds is 10. The highest BCUT2D eigenvalue weighted by molar-refractivity contribution is 5.95. The Kier molecular flexibility index (Phi) is 8.15. The zero-order valence-corrected chi connectivity index (χ0v) is 13.7. The van der Waals surface area contributed by atoms with Crippen LogP contribution in [-0.4, -0.2) is 23.4 Å². The van der Waals surface area contributed by atoms with Crippen LogP contribution in [0, 0.1) is 5.92 Å². The van der Waals surface area contributed by atoms with Crippen molar-refractivity contribution in [1.29, 1.82) is 0 Å². The van der Waals surface area contributed by atoms with E-state index in [4.69, 9.17) is 4.74 Å². The van der Waals surface area contributed by atoms with Gasteiger partial charge in [-0.1, -0.05) is 45.1 Å². The van der Waals surface area contributed by atoms with E-state index >= 15 is 0 Å². The van der Waals surface area contributed by atoms with Gasteiger partial charge in [0.25, 0.3) is 0 Å². The molecule has 0 fully saturated rings. The quantitative estimate of drug-likeness (QED) is 0.279.